The van der Waals surface area contributed by atoms with Crippen LogP contribution in [0.5, 0.6) is 0 Å². The number of carbonyl (C=O) groups is 2. The van der Waals surface area contributed by atoms with E-state index in [1.807, 2.05) is 18.2 Å². The number of hydrogen-bond acceptors (Lipinski definition) is 6. The minimum atomic E-state index is -0.473. The van der Waals surface area contributed by atoms with Gasteiger partial charge in [0.2, 0.25) is 0 Å². The molecule has 0 spiro atoms. The smallest absolute Gasteiger partial charge is 0.343 e. The maximum Gasteiger partial charge on any atom is 0.343 e. The monoisotopic (exact) mass is 468 g/mol. The zero-order chi connectivity index (χ0) is 21.3. The van der Waals surface area contributed by atoms with E-state index in [1.165, 1.54) is 6.20 Å². The van der Waals surface area contributed by atoms with Crippen molar-refractivity contribution in [2.24, 2.45) is 7.05 Å². The Balaban J connectivity index is 1.67. The van der Waals surface area contributed by atoms with Crippen LogP contribution < -0.4 is 5.32 Å². The van der Waals surface area contributed by atoms with E-state index in [0.717, 1.165) is 5.56 Å². The molecule has 0 fully saturated rings. The first-order valence-electron chi connectivity index (χ1n) is 9.08. The van der Waals surface area contributed by atoms with Gasteiger partial charge in [0.05, 0.1) is 23.0 Å². The summed E-state index contributed by atoms with van der Waals surface area (Å²) in [5.41, 5.74) is 3.09. The zero-order valence-corrected chi connectivity index (χ0v) is 17.8. The normalized spacial score (nSPS) is 10.9. The van der Waals surface area contributed by atoms with E-state index in [1.54, 1.807) is 47.7 Å². The second kappa shape index (κ2) is 8.07. The molecule has 0 aliphatic heterocycles. The van der Waals surface area contributed by atoms with E-state index in [0.29, 0.717) is 32.8 Å². The number of rotatable bonds is 5. The Bertz CT molecular complexity index is 1260. The molecule has 30 heavy (non-hydrogen) atoms. The lowest BCUT2D eigenvalue weighted by molar-refractivity contribution is 0.0528. The Morgan fingerprint density at radius 1 is 1.27 bits per heavy atom. The van der Waals surface area contributed by atoms with Crippen molar-refractivity contribution in [1.82, 2.24) is 24.4 Å². The van der Waals surface area contributed by atoms with E-state index >= 15 is 0 Å². The van der Waals surface area contributed by atoms with Gasteiger partial charge in [-0.1, -0.05) is 12.1 Å². The number of carbonyl (C=O) groups excluding carboxylic acids is 2. The van der Waals surface area contributed by atoms with Crippen LogP contribution >= 0.6 is 15.9 Å². The van der Waals surface area contributed by atoms with Gasteiger partial charge in [0.15, 0.2) is 11.3 Å². The fourth-order valence-corrected chi connectivity index (χ4v) is 3.58. The molecule has 3 aromatic heterocycles. The van der Waals surface area contributed by atoms with Crippen molar-refractivity contribution in [2.45, 2.75) is 6.92 Å². The highest BCUT2D eigenvalue weighted by atomic mass is 79.9. The molecule has 0 saturated carbocycles. The average molecular weight is 469 g/mol. The SMILES string of the molecule is CCOC(=O)c1cnn2c(-c3cccc(NC(=O)c4nn(C)cc4Br)c3)ccnc12. The minimum absolute atomic E-state index is 0.268. The number of halogens is 1. The summed E-state index contributed by atoms with van der Waals surface area (Å²) in [6.07, 6.45) is 4.75. The number of ether oxygens (including phenoxy) is 1. The molecular formula is C20H17BrN6O3. The predicted octanol–water partition coefficient (Wildman–Crippen LogP) is 3.32. The molecule has 4 aromatic rings. The molecule has 10 heteroatoms. The lowest BCUT2D eigenvalue weighted by Gasteiger charge is -2.08. The van der Waals surface area contributed by atoms with Crippen molar-refractivity contribution >= 4 is 39.1 Å². The standard InChI is InChI=1S/C20H17BrN6O3/c1-3-30-20(29)14-10-23-27-16(7-8-22-18(14)27)12-5-4-6-13(9-12)24-19(28)17-15(21)11-26(2)25-17/h4-11H,3H2,1-2H3,(H,24,28). The maximum atomic E-state index is 12.6. The van der Waals surface area contributed by atoms with Gasteiger partial charge < -0.3 is 10.1 Å². The van der Waals surface area contributed by atoms with E-state index in [2.05, 4.69) is 36.4 Å². The van der Waals surface area contributed by atoms with Crippen LogP contribution in [0.15, 0.2) is 53.4 Å². The number of aromatic nitrogens is 5. The van der Waals surface area contributed by atoms with Gasteiger partial charge in [0.1, 0.15) is 5.56 Å². The van der Waals surface area contributed by atoms with Gasteiger partial charge in [-0.3, -0.25) is 9.48 Å². The molecule has 0 aliphatic carbocycles. The molecule has 1 aromatic carbocycles. The lowest BCUT2D eigenvalue weighted by atomic mass is 10.1. The van der Waals surface area contributed by atoms with Crippen molar-refractivity contribution in [3.8, 4) is 11.3 Å². The molecule has 1 amide bonds. The van der Waals surface area contributed by atoms with Gasteiger partial charge in [-0.25, -0.2) is 14.3 Å². The number of nitrogens with one attached hydrogen (secondary N) is 1. The number of benzene rings is 1. The van der Waals surface area contributed by atoms with Crippen LogP contribution in [0.2, 0.25) is 0 Å². The van der Waals surface area contributed by atoms with Gasteiger partial charge in [-0.2, -0.15) is 10.2 Å². The highest BCUT2D eigenvalue weighted by Crippen LogP contribution is 2.25. The third kappa shape index (κ3) is 3.69. The predicted molar refractivity (Wildman–Crippen MR) is 113 cm³/mol. The molecule has 1 N–H and O–H groups in total. The number of nitrogens with zero attached hydrogens (tertiary/aromatic N) is 5. The molecule has 0 radical (unpaired) electrons. The van der Waals surface area contributed by atoms with E-state index in [9.17, 15) is 9.59 Å². The van der Waals surface area contributed by atoms with Gasteiger partial charge in [0.25, 0.3) is 5.91 Å². The summed E-state index contributed by atoms with van der Waals surface area (Å²) < 4.78 is 8.80. The lowest BCUT2D eigenvalue weighted by Crippen LogP contribution is -2.13. The molecule has 0 aliphatic rings. The van der Waals surface area contributed by atoms with Crippen molar-refractivity contribution in [1.29, 1.82) is 0 Å². The number of anilines is 1. The molecule has 0 atom stereocenters. The van der Waals surface area contributed by atoms with E-state index in [4.69, 9.17) is 4.74 Å². The number of esters is 1. The Morgan fingerprint density at radius 2 is 2.10 bits per heavy atom. The van der Waals surface area contributed by atoms with Crippen LogP contribution in [0, 0.1) is 0 Å². The summed E-state index contributed by atoms with van der Waals surface area (Å²) in [5, 5.41) is 11.3. The summed E-state index contributed by atoms with van der Waals surface area (Å²) in [6.45, 7) is 2.01. The molecule has 3 heterocycles. The summed E-state index contributed by atoms with van der Waals surface area (Å²) in [7, 11) is 1.74. The Morgan fingerprint density at radius 3 is 2.83 bits per heavy atom. The summed E-state index contributed by atoms with van der Waals surface area (Å²) in [5.74, 6) is -0.803. The first-order valence-corrected chi connectivity index (χ1v) is 9.88. The van der Waals surface area contributed by atoms with E-state index < -0.39 is 5.97 Å². The Kier molecular flexibility index (Phi) is 5.32. The van der Waals surface area contributed by atoms with Crippen molar-refractivity contribution in [2.75, 3.05) is 11.9 Å². The van der Waals surface area contributed by atoms with Crippen LogP contribution in [-0.2, 0) is 11.8 Å². The van der Waals surface area contributed by atoms with Crippen LogP contribution in [0.25, 0.3) is 16.9 Å². The van der Waals surface area contributed by atoms with Gasteiger partial charge in [-0.05, 0) is 41.1 Å². The Hall–Kier alpha value is -3.53. The topological polar surface area (TPSA) is 103 Å². The van der Waals surface area contributed by atoms with Crippen molar-refractivity contribution < 1.29 is 14.3 Å². The second-order valence-electron chi connectivity index (χ2n) is 6.38. The average Bonchev–Trinajstić information content (AvgIpc) is 3.31. The van der Waals surface area contributed by atoms with Crippen LogP contribution in [0.1, 0.15) is 27.8 Å². The summed E-state index contributed by atoms with van der Waals surface area (Å²) in [4.78, 5) is 29.0. The summed E-state index contributed by atoms with van der Waals surface area (Å²) in [6, 6.07) is 9.08. The highest BCUT2D eigenvalue weighted by Gasteiger charge is 2.18. The fraction of sp³-hybridized carbons (Fsp3) is 0.150. The highest BCUT2D eigenvalue weighted by molar-refractivity contribution is 9.10. The molecule has 152 valence electrons. The molecule has 0 saturated heterocycles. The summed E-state index contributed by atoms with van der Waals surface area (Å²) >= 11 is 3.33. The molecule has 4 rings (SSSR count). The van der Waals surface area contributed by atoms with Crippen LogP contribution in [0.4, 0.5) is 5.69 Å². The van der Waals surface area contributed by atoms with Gasteiger partial charge in [0, 0.05) is 30.7 Å². The van der Waals surface area contributed by atoms with Crippen molar-refractivity contribution in [3.05, 3.63) is 64.7 Å². The molecule has 0 unspecified atom stereocenters. The van der Waals surface area contributed by atoms with Crippen LogP contribution in [-0.4, -0.2) is 42.9 Å². The quantitative estimate of drug-likeness (QED) is 0.450. The molecular weight excluding hydrogens is 452 g/mol. The fourth-order valence-electron chi connectivity index (χ4n) is 3.02. The van der Waals surface area contributed by atoms with E-state index in [-0.39, 0.29) is 12.5 Å². The molecule has 9 nitrogen and oxygen atoms in total. The van der Waals surface area contributed by atoms with Gasteiger partial charge in [-0.15, -0.1) is 0 Å². The van der Waals surface area contributed by atoms with Crippen molar-refractivity contribution in [3.63, 3.8) is 0 Å². The third-order valence-corrected chi connectivity index (χ3v) is 4.89. The first kappa shape index (κ1) is 19.8. The Labute approximate surface area is 179 Å². The van der Waals surface area contributed by atoms with Gasteiger partial charge >= 0.3 is 5.97 Å². The first-order chi connectivity index (χ1) is 14.5. The second-order valence-corrected chi connectivity index (χ2v) is 7.23. The number of amides is 1. The number of hydrogen-bond donors (Lipinski definition) is 1. The zero-order valence-electron chi connectivity index (χ0n) is 16.2. The largest absolute Gasteiger partial charge is 0.462 e. The molecule has 0 bridgehead atoms. The third-order valence-electron chi connectivity index (χ3n) is 4.31. The maximum absolute atomic E-state index is 12.6. The minimum Gasteiger partial charge on any atom is -0.462 e. The number of aryl methyl sites for hydroxylation is 1. The van der Waals surface area contributed by atoms with Crippen LogP contribution in [0.3, 0.4) is 0 Å². The number of fused-ring (bicyclic) bond motifs is 1.